The molecule has 10 heteroatoms. The van der Waals surface area contributed by atoms with E-state index in [9.17, 15) is 18.3 Å². The molecule has 1 aromatic rings. The zero-order chi connectivity index (χ0) is 23.0. The SMILES string of the molecule is Cc1ccc(S(=O)(=O)Nc2nc(=O)n3c(C)c(C)sc(SCC4CCC(O)CC4)c2-3)cc1. The van der Waals surface area contributed by atoms with Crippen molar-refractivity contribution in [1.29, 1.82) is 0 Å². The minimum Gasteiger partial charge on any atom is -0.393 e. The topological polar surface area (TPSA) is 101 Å². The Hall–Kier alpha value is -1.88. The van der Waals surface area contributed by atoms with Crippen LogP contribution in [0, 0.1) is 26.7 Å². The summed E-state index contributed by atoms with van der Waals surface area (Å²) in [7, 11) is -3.89. The maximum Gasteiger partial charge on any atom is 0.354 e. The fourth-order valence-electron chi connectivity index (χ4n) is 3.90. The summed E-state index contributed by atoms with van der Waals surface area (Å²) >= 11 is 3.19. The molecule has 2 N–H and O–H groups in total. The van der Waals surface area contributed by atoms with Gasteiger partial charge in [-0.2, -0.15) is 4.98 Å². The molecule has 1 fully saturated rings. The molecule has 0 spiro atoms. The van der Waals surface area contributed by atoms with Crippen molar-refractivity contribution < 1.29 is 13.5 Å². The minimum atomic E-state index is -3.89. The van der Waals surface area contributed by atoms with Crippen molar-refractivity contribution in [2.75, 3.05) is 10.5 Å². The molecule has 2 heterocycles. The first-order valence-corrected chi connectivity index (χ1v) is 13.9. The molecule has 1 saturated carbocycles. The molecule has 172 valence electrons. The number of benzene rings is 1. The molecule has 4 rings (SSSR count). The van der Waals surface area contributed by atoms with Gasteiger partial charge in [0.05, 0.1) is 15.2 Å². The number of aliphatic hydroxyl groups excluding tert-OH is 1. The molecule has 1 aromatic carbocycles. The second-order valence-electron chi connectivity index (χ2n) is 8.36. The number of nitrogens with zero attached hydrogens (tertiary/aromatic N) is 2. The normalized spacial score (nSPS) is 19.4. The summed E-state index contributed by atoms with van der Waals surface area (Å²) in [5.41, 5.74) is 1.74. The number of thioether (sulfide) groups is 1. The van der Waals surface area contributed by atoms with Gasteiger partial charge in [-0.25, -0.2) is 13.2 Å². The lowest BCUT2D eigenvalue weighted by Gasteiger charge is -2.25. The zero-order valence-electron chi connectivity index (χ0n) is 18.3. The zero-order valence-corrected chi connectivity index (χ0v) is 20.7. The van der Waals surface area contributed by atoms with Gasteiger partial charge in [-0.3, -0.25) is 9.29 Å². The lowest BCUT2D eigenvalue weighted by atomic mass is 9.89. The molecule has 0 radical (unpaired) electrons. The number of sulfonamides is 1. The van der Waals surface area contributed by atoms with E-state index in [0.29, 0.717) is 11.6 Å². The highest BCUT2D eigenvalue weighted by atomic mass is 32.2. The van der Waals surface area contributed by atoms with Crippen LogP contribution in [-0.4, -0.2) is 34.9 Å². The molecule has 2 aliphatic heterocycles. The van der Waals surface area contributed by atoms with Gasteiger partial charge in [0, 0.05) is 16.3 Å². The van der Waals surface area contributed by atoms with Gasteiger partial charge in [-0.15, -0.1) is 23.1 Å². The van der Waals surface area contributed by atoms with E-state index in [0.717, 1.165) is 51.8 Å². The molecule has 1 aliphatic carbocycles. The number of fused-ring (bicyclic) bond motifs is 1. The largest absolute Gasteiger partial charge is 0.393 e. The second-order valence-corrected chi connectivity index (χ2v) is 12.6. The first-order valence-electron chi connectivity index (χ1n) is 10.6. The number of aromatic nitrogens is 2. The van der Waals surface area contributed by atoms with Crippen LogP contribution in [0.2, 0.25) is 0 Å². The van der Waals surface area contributed by atoms with Crippen molar-refractivity contribution in [2.24, 2.45) is 5.92 Å². The van der Waals surface area contributed by atoms with Crippen LogP contribution in [0.25, 0.3) is 5.69 Å². The van der Waals surface area contributed by atoms with Crippen molar-refractivity contribution >= 4 is 38.9 Å². The maximum atomic E-state index is 13.0. The predicted octanol–water partition coefficient (Wildman–Crippen LogP) is 4.10. The maximum absolute atomic E-state index is 13.0. The molecule has 0 bridgehead atoms. The average molecular weight is 494 g/mol. The fourth-order valence-corrected chi connectivity index (χ4v) is 7.57. The number of nitrogens with one attached hydrogen (secondary N) is 1. The highest BCUT2D eigenvalue weighted by molar-refractivity contribution is 8.01. The van der Waals surface area contributed by atoms with Crippen LogP contribution in [0.5, 0.6) is 0 Å². The molecule has 7 nitrogen and oxygen atoms in total. The third-order valence-corrected chi connectivity index (χ3v) is 9.99. The standard InChI is InChI=1S/C22H27N3O4S3/c1-13-4-10-18(11-5-13)32(28,29)24-20-19-21(30-12-16-6-8-17(26)9-7-16)31-15(3)14(2)25(19)22(27)23-20/h4-5,10-11,16-17,26H,6-9,12H2,1-3H3,(H,23,24,27). The highest BCUT2D eigenvalue weighted by Crippen LogP contribution is 2.40. The molecular formula is C22H27N3O4S3. The molecule has 0 unspecified atom stereocenters. The van der Waals surface area contributed by atoms with Crippen LogP contribution in [-0.2, 0) is 10.0 Å². The number of anilines is 1. The van der Waals surface area contributed by atoms with Gasteiger partial charge in [-0.1, -0.05) is 17.7 Å². The number of imidazole rings is 1. The molecule has 32 heavy (non-hydrogen) atoms. The Bertz CT molecular complexity index is 1240. The van der Waals surface area contributed by atoms with Crippen molar-refractivity contribution in [2.45, 2.75) is 61.7 Å². The van der Waals surface area contributed by atoms with E-state index in [1.807, 2.05) is 20.8 Å². The second kappa shape index (κ2) is 9.17. The lowest BCUT2D eigenvalue weighted by molar-refractivity contribution is 0.113. The van der Waals surface area contributed by atoms with Crippen LogP contribution in [0.15, 0.2) is 38.2 Å². The highest BCUT2D eigenvalue weighted by Gasteiger charge is 2.28. The third-order valence-electron chi connectivity index (χ3n) is 5.96. The molecule has 0 atom stereocenters. The van der Waals surface area contributed by atoms with Gasteiger partial charge in [0.25, 0.3) is 10.0 Å². The van der Waals surface area contributed by atoms with Gasteiger partial charge in [0.2, 0.25) is 0 Å². The van der Waals surface area contributed by atoms with Crippen molar-refractivity contribution in [3.05, 3.63) is 50.9 Å². The van der Waals surface area contributed by atoms with Gasteiger partial charge in [0.15, 0.2) is 5.82 Å². The van der Waals surface area contributed by atoms with Gasteiger partial charge < -0.3 is 5.11 Å². The Morgan fingerprint density at radius 1 is 1.16 bits per heavy atom. The molecule has 0 amide bonds. The van der Waals surface area contributed by atoms with E-state index in [2.05, 4.69) is 9.71 Å². The number of hydrogen-bond acceptors (Lipinski definition) is 7. The Morgan fingerprint density at radius 3 is 2.47 bits per heavy atom. The monoisotopic (exact) mass is 493 g/mol. The third kappa shape index (κ3) is 4.73. The first kappa shape index (κ1) is 23.3. The quantitative estimate of drug-likeness (QED) is 0.502. The summed E-state index contributed by atoms with van der Waals surface area (Å²) in [5, 5.41) is 9.76. The van der Waals surface area contributed by atoms with Crippen LogP contribution in [0.4, 0.5) is 5.82 Å². The lowest BCUT2D eigenvalue weighted by Crippen LogP contribution is -2.20. The van der Waals surface area contributed by atoms with E-state index in [1.54, 1.807) is 47.4 Å². The number of hydrogen-bond donors (Lipinski definition) is 2. The van der Waals surface area contributed by atoms with E-state index < -0.39 is 15.7 Å². The van der Waals surface area contributed by atoms with Gasteiger partial charge in [-0.05, 0) is 64.5 Å². The Balaban J connectivity index is 1.68. The van der Waals surface area contributed by atoms with Crippen LogP contribution >= 0.6 is 23.1 Å². The fraction of sp³-hybridized carbons (Fsp3) is 0.455. The number of aliphatic hydroxyl groups is 1. The number of rotatable bonds is 6. The minimum absolute atomic E-state index is 0.0662. The first-order chi connectivity index (χ1) is 15.2. The van der Waals surface area contributed by atoms with E-state index in [4.69, 9.17) is 0 Å². The van der Waals surface area contributed by atoms with Crippen molar-refractivity contribution in [3.8, 4) is 5.69 Å². The summed E-state index contributed by atoms with van der Waals surface area (Å²) in [4.78, 5) is 17.9. The molecular weight excluding hydrogens is 466 g/mol. The summed E-state index contributed by atoms with van der Waals surface area (Å²) in [6, 6.07) is 6.55. The Labute approximate surface area is 196 Å². The molecule has 3 aliphatic rings. The van der Waals surface area contributed by atoms with E-state index >= 15 is 0 Å². The van der Waals surface area contributed by atoms with Gasteiger partial charge in [0.1, 0.15) is 5.69 Å². The number of aryl methyl sites for hydroxylation is 2. The molecule has 0 saturated heterocycles. The van der Waals surface area contributed by atoms with Gasteiger partial charge >= 0.3 is 5.69 Å². The van der Waals surface area contributed by atoms with Crippen molar-refractivity contribution in [1.82, 2.24) is 9.55 Å². The summed E-state index contributed by atoms with van der Waals surface area (Å²) in [5.74, 6) is 1.40. The van der Waals surface area contributed by atoms with Crippen molar-refractivity contribution in [3.63, 3.8) is 0 Å². The smallest absolute Gasteiger partial charge is 0.354 e. The predicted molar refractivity (Wildman–Crippen MR) is 129 cm³/mol. The van der Waals surface area contributed by atoms with E-state index in [-0.39, 0.29) is 16.8 Å². The summed E-state index contributed by atoms with van der Waals surface area (Å²) in [6.07, 6.45) is 3.37. The Morgan fingerprint density at radius 2 is 1.81 bits per heavy atom. The van der Waals surface area contributed by atoms with Crippen LogP contribution < -0.4 is 10.4 Å². The van der Waals surface area contributed by atoms with Crippen LogP contribution in [0.3, 0.4) is 0 Å². The summed E-state index contributed by atoms with van der Waals surface area (Å²) in [6.45, 7) is 5.69. The Kier molecular flexibility index (Phi) is 6.67. The summed E-state index contributed by atoms with van der Waals surface area (Å²) < 4.78 is 30.9. The molecule has 0 aromatic heterocycles. The van der Waals surface area contributed by atoms with Crippen LogP contribution in [0.1, 0.15) is 41.8 Å². The van der Waals surface area contributed by atoms with E-state index in [1.165, 1.54) is 4.57 Å². The average Bonchev–Trinajstić information content (AvgIpc) is 3.06.